The molecule has 1 aliphatic carbocycles. The number of aryl methyl sites for hydroxylation is 1. The van der Waals surface area contributed by atoms with Gasteiger partial charge in [0.05, 0.1) is 12.6 Å². The van der Waals surface area contributed by atoms with E-state index in [1.807, 2.05) is 18.2 Å². The molecule has 1 atom stereocenters. The van der Waals surface area contributed by atoms with Crippen molar-refractivity contribution >= 4 is 15.9 Å². The number of benzene rings is 2. The van der Waals surface area contributed by atoms with Crippen molar-refractivity contribution in [1.82, 2.24) is 5.48 Å². The summed E-state index contributed by atoms with van der Waals surface area (Å²) in [7, 11) is 0. The Kier molecular flexibility index (Phi) is 3.97. The van der Waals surface area contributed by atoms with E-state index in [4.69, 9.17) is 4.84 Å². The van der Waals surface area contributed by atoms with Crippen molar-refractivity contribution in [3.05, 3.63) is 69.7 Å². The Balaban J connectivity index is 1.58. The van der Waals surface area contributed by atoms with Gasteiger partial charge < -0.3 is 0 Å². The molecule has 3 heteroatoms. The maximum Gasteiger partial charge on any atom is 0.0933 e. The second-order valence-electron chi connectivity index (χ2n) is 4.83. The molecule has 2 aromatic carbocycles. The highest BCUT2D eigenvalue weighted by atomic mass is 79.9. The molecule has 19 heavy (non-hydrogen) atoms. The second-order valence-corrected chi connectivity index (χ2v) is 5.74. The van der Waals surface area contributed by atoms with Crippen LogP contribution in [-0.4, -0.2) is 0 Å². The normalized spacial score (nSPS) is 17.4. The zero-order valence-electron chi connectivity index (χ0n) is 10.6. The van der Waals surface area contributed by atoms with Crippen LogP contribution in [0.25, 0.3) is 0 Å². The quantitative estimate of drug-likeness (QED) is 0.855. The molecule has 0 aliphatic heterocycles. The largest absolute Gasteiger partial charge is 0.296 e. The molecule has 0 saturated carbocycles. The Morgan fingerprint density at radius 2 is 2.00 bits per heavy atom. The van der Waals surface area contributed by atoms with E-state index in [0.29, 0.717) is 12.6 Å². The molecule has 0 aromatic heterocycles. The average Bonchev–Trinajstić information content (AvgIpc) is 2.82. The zero-order valence-corrected chi connectivity index (χ0v) is 12.2. The molecule has 0 heterocycles. The first-order valence-corrected chi connectivity index (χ1v) is 7.32. The molecule has 3 rings (SSSR count). The van der Waals surface area contributed by atoms with Crippen molar-refractivity contribution < 1.29 is 4.84 Å². The molecule has 0 saturated heterocycles. The summed E-state index contributed by atoms with van der Waals surface area (Å²) in [5, 5.41) is 0. The zero-order chi connectivity index (χ0) is 13.1. The maximum absolute atomic E-state index is 5.63. The van der Waals surface area contributed by atoms with Gasteiger partial charge in [-0.3, -0.25) is 4.84 Å². The van der Waals surface area contributed by atoms with Crippen LogP contribution < -0.4 is 5.48 Å². The predicted molar refractivity (Wildman–Crippen MR) is 79.6 cm³/mol. The summed E-state index contributed by atoms with van der Waals surface area (Å²) in [5.74, 6) is 0. The fourth-order valence-corrected chi connectivity index (χ4v) is 2.92. The van der Waals surface area contributed by atoms with Crippen molar-refractivity contribution in [2.24, 2.45) is 0 Å². The molecular formula is C16H16BrNO. The van der Waals surface area contributed by atoms with Gasteiger partial charge in [-0.25, -0.2) is 0 Å². The second kappa shape index (κ2) is 5.87. The van der Waals surface area contributed by atoms with Gasteiger partial charge in [0.2, 0.25) is 0 Å². The van der Waals surface area contributed by atoms with Crippen LogP contribution in [0.5, 0.6) is 0 Å². The Bertz CT molecular complexity index is 556. The van der Waals surface area contributed by atoms with Crippen molar-refractivity contribution in [3.8, 4) is 0 Å². The fraction of sp³-hybridized carbons (Fsp3) is 0.250. The van der Waals surface area contributed by atoms with Crippen LogP contribution in [0.3, 0.4) is 0 Å². The number of nitrogens with one attached hydrogen (secondary N) is 1. The van der Waals surface area contributed by atoms with Crippen LogP contribution in [0, 0.1) is 0 Å². The standard InChI is InChI=1S/C16H16BrNO/c17-14-7-8-15-13(10-14)6-9-16(15)18-19-11-12-4-2-1-3-5-12/h1-5,7-8,10,16,18H,6,9,11H2. The number of hydrogen-bond acceptors (Lipinski definition) is 2. The first kappa shape index (κ1) is 12.9. The van der Waals surface area contributed by atoms with Gasteiger partial charge in [-0.1, -0.05) is 52.3 Å². The molecule has 1 unspecified atom stereocenters. The summed E-state index contributed by atoms with van der Waals surface area (Å²) < 4.78 is 1.15. The Morgan fingerprint density at radius 1 is 1.16 bits per heavy atom. The third-order valence-corrected chi connectivity index (χ3v) is 3.98. The lowest BCUT2D eigenvalue weighted by atomic mass is 10.1. The van der Waals surface area contributed by atoms with E-state index < -0.39 is 0 Å². The highest BCUT2D eigenvalue weighted by molar-refractivity contribution is 9.10. The van der Waals surface area contributed by atoms with Gasteiger partial charge in [-0.05, 0) is 41.7 Å². The lowest BCUT2D eigenvalue weighted by Gasteiger charge is -2.14. The number of fused-ring (bicyclic) bond motifs is 1. The van der Waals surface area contributed by atoms with E-state index in [1.165, 1.54) is 16.7 Å². The molecule has 2 nitrogen and oxygen atoms in total. The number of hydrogen-bond donors (Lipinski definition) is 1. The van der Waals surface area contributed by atoms with Gasteiger partial charge in [0.1, 0.15) is 0 Å². The van der Waals surface area contributed by atoms with E-state index >= 15 is 0 Å². The van der Waals surface area contributed by atoms with Gasteiger partial charge in [0.25, 0.3) is 0 Å². The SMILES string of the molecule is Brc1ccc2c(c1)CCC2NOCc1ccccc1. The molecule has 0 fully saturated rings. The monoisotopic (exact) mass is 317 g/mol. The van der Waals surface area contributed by atoms with E-state index in [2.05, 4.69) is 51.7 Å². The number of rotatable bonds is 4. The molecule has 0 bridgehead atoms. The van der Waals surface area contributed by atoms with Gasteiger partial charge in [-0.2, -0.15) is 5.48 Å². The molecule has 0 spiro atoms. The Labute approximate surface area is 121 Å². The summed E-state index contributed by atoms with van der Waals surface area (Å²) in [4.78, 5) is 5.63. The summed E-state index contributed by atoms with van der Waals surface area (Å²) in [6.45, 7) is 0.600. The van der Waals surface area contributed by atoms with Crippen LogP contribution >= 0.6 is 15.9 Å². The summed E-state index contributed by atoms with van der Waals surface area (Å²) in [6, 6.07) is 17.0. The van der Waals surface area contributed by atoms with E-state index in [9.17, 15) is 0 Å². The molecule has 1 aliphatic rings. The van der Waals surface area contributed by atoms with Crippen molar-refractivity contribution in [3.63, 3.8) is 0 Å². The first-order chi connectivity index (χ1) is 9.33. The molecule has 2 aromatic rings. The lowest BCUT2D eigenvalue weighted by molar-refractivity contribution is 0.00332. The van der Waals surface area contributed by atoms with Crippen LogP contribution in [0.2, 0.25) is 0 Å². The highest BCUT2D eigenvalue weighted by Crippen LogP contribution is 2.32. The fourth-order valence-electron chi connectivity index (χ4n) is 2.51. The molecule has 98 valence electrons. The maximum atomic E-state index is 5.63. The highest BCUT2D eigenvalue weighted by Gasteiger charge is 2.22. The molecule has 0 amide bonds. The third kappa shape index (κ3) is 3.06. The van der Waals surface area contributed by atoms with E-state index in [1.54, 1.807) is 0 Å². The smallest absolute Gasteiger partial charge is 0.0933 e. The summed E-state index contributed by atoms with van der Waals surface area (Å²) in [5.41, 5.74) is 7.14. The number of halogens is 1. The van der Waals surface area contributed by atoms with Gasteiger partial charge >= 0.3 is 0 Å². The van der Waals surface area contributed by atoms with Crippen molar-refractivity contribution in [2.75, 3.05) is 0 Å². The van der Waals surface area contributed by atoms with Crippen LogP contribution in [0.15, 0.2) is 53.0 Å². The van der Waals surface area contributed by atoms with Crippen LogP contribution in [0.4, 0.5) is 0 Å². The molecule has 1 N–H and O–H groups in total. The van der Waals surface area contributed by atoms with Gasteiger partial charge in [0, 0.05) is 4.47 Å². The summed E-state index contributed by atoms with van der Waals surface area (Å²) in [6.07, 6.45) is 2.21. The van der Waals surface area contributed by atoms with Gasteiger partial charge in [-0.15, -0.1) is 0 Å². The minimum atomic E-state index is 0.312. The summed E-state index contributed by atoms with van der Waals surface area (Å²) >= 11 is 3.52. The lowest BCUT2D eigenvalue weighted by Crippen LogP contribution is -2.19. The van der Waals surface area contributed by atoms with Gasteiger partial charge in [0.15, 0.2) is 0 Å². The number of hydroxylamine groups is 1. The molecule has 0 radical (unpaired) electrons. The van der Waals surface area contributed by atoms with Crippen molar-refractivity contribution in [2.45, 2.75) is 25.5 Å². The first-order valence-electron chi connectivity index (χ1n) is 6.52. The average molecular weight is 318 g/mol. The van der Waals surface area contributed by atoms with E-state index in [0.717, 1.165) is 17.3 Å². The minimum Gasteiger partial charge on any atom is -0.296 e. The van der Waals surface area contributed by atoms with Crippen LogP contribution in [-0.2, 0) is 17.9 Å². The third-order valence-electron chi connectivity index (χ3n) is 3.49. The van der Waals surface area contributed by atoms with Crippen molar-refractivity contribution in [1.29, 1.82) is 0 Å². The topological polar surface area (TPSA) is 21.3 Å². The minimum absolute atomic E-state index is 0.312. The Hall–Kier alpha value is -1.16. The predicted octanol–water partition coefficient (Wildman–Crippen LogP) is 4.16. The Morgan fingerprint density at radius 3 is 2.84 bits per heavy atom. The van der Waals surface area contributed by atoms with Crippen LogP contribution in [0.1, 0.15) is 29.2 Å². The molecular weight excluding hydrogens is 302 g/mol. The van der Waals surface area contributed by atoms with E-state index in [-0.39, 0.29) is 0 Å².